The van der Waals surface area contributed by atoms with Crippen LogP contribution in [0.4, 0.5) is 0 Å². The number of fused-ring (bicyclic) bond motifs is 1. The van der Waals surface area contributed by atoms with E-state index in [1.807, 2.05) is 11.3 Å². The average Bonchev–Trinajstić information content (AvgIpc) is 2.85. The van der Waals surface area contributed by atoms with Gasteiger partial charge in [0.1, 0.15) is 0 Å². The molecule has 0 nitrogen and oxygen atoms in total. The Labute approximate surface area is 134 Å². The van der Waals surface area contributed by atoms with Gasteiger partial charge >= 0.3 is 0 Å². The lowest BCUT2D eigenvalue weighted by Gasteiger charge is -2.42. The molecular formula is C18H23BrS. The van der Waals surface area contributed by atoms with Crippen LogP contribution in [0.25, 0.3) is 10.1 Å². The first-order chi connectivity index (χ1) is 9.50. The van der Waals surface area contributed by atoms with Gasteiger partial charge in [-0.3, -0.25) is 0 Å². The van der Waals surface area contributed by atoms with Gasteiger partial charge in [0.05, 0.1) is 0 Å². The van der Waals surface area contributed by atoms with Gasteiger partial charge < -0.3 is 0 Å². The molecule has 0 amide bonds. The first-order valence-corrected chi connectivity index (χ1v) is 9.40. The number of halogens is 1. The molecule has 2 aromatic rings. The van der Waals surface area contributed by atoms with Crippen molar-refractivity contribution >= 4 is 37.4 Å². The highest BCUT2D eigenvalue weighted by molar-refractivity contribution is 9.09. The molecule has 1 aromatic heterocycles. The normalized spacial score (nSPS) is 27.9. The Bertz CT molecular complexity index is 598. The molecule has 0 N–H and O–H groups in total. The Morgan fingerprint density at radius 3 is 2.75 bits per heavy atom. The molecule has 2 heteroatoms. The lowest BCUT2D eigenvalue weighted by atomic mass is 9.66. The van der Waals surface area contributed by atoms with Crippen LogP contribution in [-0.4, -0.2) is 4.83 Å². The van der Waals surface area contributed by atoms with Crippen LogP contribution in [0.1, 0.15) is 45.6 Å². The molecule has 20 heavy (non-hydrogen) atoms. The fourth-order valence-electron chi connectivity index (χ4n) is 3.82. The fourth-order valence-corrected chi connectivity index (χ4v) is 6.47. The van der Waals surface area contributed by atoms with Crippen LogP contribution in [0, 0.1) is 11.8 Å². The van der Waals surface area contributed by atoms with Crippen molar-refractivity contribution in [2.24, 2.45) is 11.8 Å². The van der Waals surface area contributed by atoms with Crippen molar-refractivity contribution in [3.8, 4) is 0 Å². The molecule has 1 saturated carbocycles. The van der Waals surface area contributed by atoms with E-state index in [0.29, 0.717) is 4.83 Å². The van der Waals surface area contributed by atoms with Crippen LogP contribution in [0.5, 0.6) is 0 Å². The van der Waals surface area contributed by atoms with Gasteiger partial charge in [0.25, 0.3) is 0 Å². The zero-order valence-electron chi connectivity index (χ0n) is 12.5. The minimum Gasteiger partial charge on any atom is -0.144 e. The molecule has 0 spiro atoms. The summed E-state index contributed by atoms with van der Waals surface area (Å²) in [5.74, 6) is 1.59. The van der Waals surface area contributed by atoms with E-state index in [1.165, 1.54) is 34.9 Å². The highest BCUT2D eigenvalue weighted by atomic mass is 79.9. The average molecular weight is 351 g/mol. The second kappa shape index (κ2) is 5.46. The third kappa shape index (κ3) is 2.46. The van der Waals surface area contributed by atoms with E-state index in [9.17, 15) is 0 Å². The van der Waals surface area contributed by atoms with Gasteiger partial charge in [-0.25, -0.2) is 0 Å². The molecule has 1 aliphatic rings. The zero-order chi connectivity index (χ0) is 14.3. The number of hydrogen-bond donors (Lipinski definition) is 0. The van der Waals surface area contributed by atoms with Crippen molar-refractivity contribution in [2.45, 2.75) is 50.3 Å². The first kappa shape index (κ1) is 14.6. The number of benzene rings is 1. The highest BCUT2D eigenvalue weighted by Crippen LogP contribution is 2.47. The standard InChI is InChI=1S/C18H23BrS/c1-12-7-8-14(16(19)11-12)18(2,3)15-6-4-5-13-9-10-20-17(13)15/h4-6,9-10,12,14,16H,7-8,11H2,1-3H3. The van der Waals surface area contributed by atoms with Gasteiger partial charge in [0.2, 0.25) is 0 Å². The highest BCUT2D eigenvalue weighted by Gasteiger charge is 2.39. The minimum atomic E-state index is 0.235. The molecule has 1 aromatic carbocycles. The summed E-state index contributed by atoms with van der Waals surface area (Å²) in [7, 11) is 0. The van der Waals surface area contributed by atoms with Gasteiger partial charge in [-0.2, -0.15) is 0 Å². The molecule has 1 heterocycles. The van der Waals surface area contributed by atoms with Crippen LogP contribution in [-0.2, 0) is 5.41 Å². The Balaban J connectivity index is 2.01. The van der Waals surface area contributed by atoms with Crippen LogP contribution in [0.3, 0.4) is 0 Å². The Morgan fingerprint density at radius 1 is 1.20 bits per heavy atom. The smallest absolute Gasteiger partial charge is 0.0380 e. The lowest BCUT2D eigenvalue weighted by Crippen LogP contribution is -2.38. The monoisotopic (exact) mass is 350 g/mol. The van der Waals surface area contributed by atoms with Crippen molar-refractivity contribution in [1.82, 2.24) is 0 Å². The Kier molecular flexibility index (Phi) is 3.98. The number of alkyl halides is 1. The lowest BCUT2D eigenvalue weighted by molar-refractivity contribution is 0.215. The number of rotatable bonds is 2. The second-order valence-corrected chi connectivity index (χ2v) is 9.00. The second-order valence-electron chi connectivity index (χ2n) is 6.91. The zero-order valence-corrected chi connectivity index (χ0v) is 14.9. The topological polar surface area (TPSA) is 0 Å². The van der Waals surface area contributed by atoms with Gasteiger partial charge in [0, 0.05) is 9.53 Å². The van der Waals surface area contributed by atoms with Crippen LogP contribution in [0.2, 0.25) is 0 Å². The summed E-state index contributed by atoms with van der Waals surface area (Å²) in [6.07, 6.45) is 4.02. The minimum absolute atomic E-state index is 0.235. The van der Waals surface area contributed by atoms with Crippen molar-refractivity contribution in [3.63, 3.8) is 0 Å². The third-order valence-electron chi connectivity index (χ3n) is 5.13. The summed E-state index contributed by atoms with van der Waals surface area (Å²) < 4.78 is 1.48. The van der Waals surface area contributed by atoms with E-state index < -0.39 is 0 Å². The van der Waals surface area contributed by atoms with Gasteiger partial charge in [-0.15, -0.1) is 11.3 Å². The summed E-state index contributed by atoms with van der Waals surface area (Å²) in [4.78, 5) is 0.650. The van der Waals surface area contributed by atoms with Crippen molar-refractivity contribution < 1.29 is 0 Å². The summed E-state index contributed by atoms with van der Waals surface area (Å²) in [6, 6.07) is 9.05. The maximum absolute atomic E-state index is 3.99. The van der Waals surface area contributed by atoms with Crippen molar-refractivity contribution in [1.29, 1.82) is 0 Å². The van der Waals surface area contributed by atoms with Gasteiger partial charge in [-0.05, 0) is 52.5 Å². The molecule has 0 radical (unpaired) electrons. The molecule has 1 fully saturated rings. The summed E-state index contributed by atoms with van der Waals surface area (Å²) >= 11 is 5.88. The third-order valence-corrected chi connectivity index (χ3v) is 7.11. The van der Waals surface area contributed by atoms with Gasteiger partial charge in [0.15, 0.2) is 0 Å². The van der Waals surface area contributed by atoms with Crippen LogP contribution >= 0.6 is 27.3 Å². The molecule has 0 bridgehead atoms. The summed E-state index contributed by atoms with van der Waals surface area (Å²) in [5.41, 5.74) is 1.77. The Morgan fingerprint density at radius 2 is 2.00 bits per heavy atom. The predicted molar refractivity (Wildman–Crippen MR) is 94.1 cm³/mol. The predicted octanol–water partition coefficient (Wildman–Crippen LogP) is 6.38. The van der Waals surface area contributed by atoms with Crippen molar-refractivity contribution in [2.75, 3.05) is 0 Å². The van der Waals surface area contributed by atoms with Crippen LogP contribution < -0.4 is 0 Å². The SMILES string of the molecule is CC1CCC(C(C)(C)c2cccc3ccsc23)C(Br)C1. The molecule has 108 valence electrons. The van der Waals surface area contributed by atoms with Crippen LogP contribution in [0.15, 0.2) is 29.6 Å². The molecular weight excluding hydrogens is 328 g/mol. The van der Waals surface area contributed by atoms with Crippen molar-refractivity contribution in [3.05, 3.63) is 35.2 Å². The maximum Gasteiger partial charge on any atom is 0.0380 e. The number of hydrogen-bond acceptors (Lipinski definition) is 1. The number of thiophene rings is 1. The molecule has 1 aliphatic carbocycles. The molecule has 0 saturated heterocycles. The molecule has 3 unspecified atom stereocenters. The largest absolute Gasteiger partial charge is 0.144 e. The van der Waals surface area contributed by atoms with E-state index in [4.69, 9.17) is 0 Å². The van der Waals surface area contributed by atoms with E-state index in [0.717, 1.165) is 11.8 Å². The van der Waals surface area contributed by atoms with E-state index in [2.05, 4.69) is 66.3 Å². The molecule has 3 rings (SSSR count). The first-order valence-electron chi connectivity index (χ1n) is 7.61. The van der Waals surface area contributed by atoms with E-state index in [1.54, 1.807) is 0 Å². The van der Waals surface area contributed by atoms with E-state index in [-0.39, 0.29) is 5.41 Å². The maximum atomic E-state index is 3.99. The molecule has 3 atom stereocenters. The van der Waals surface area contributed by atoms with Gasteiger partial charge in [-0.1, -0.05) is 61.3 Å². The van der Waals surface area contributed by atoms with E-state index >= 15 is 0 Å². The molecule has 0 aliphatic heterocycles. The Hall–Kier alpha value is -0.340. The summed E-state index contributed by atoms with van der Waals surface area (Å²) in [5, 5.41) is 3.62. The fraction of sp³-hybridized carbons (Fsp3) is 0.556. The summed E-state index contributed by atoms with van der Waals surface area (Å²) in [6.45, 7) is 7.27. The quantitative estimate of drug-likeness (QED) is 0.551.